The highest BCUT2D eigenvalue weighted by molar-refractivity contribution is 6.42. The van der Waals surface area contributed by atoms with Gasteiger partial charge in [0.2, 0.25) is 0 Å². The Morgan fingerprint density at radius 3 is 2.85 bits per heavy atom. The molecule has 0 saturated heterocycles. The number of nitrogens with one attached hydrogen (secondary N) is 1. The number of benzene rings is 1. The zero-order chi connectivity index (χ0) is 19.4. The van der Waals surface area contributed by atoms with Crippen molar-refractivity contribution in [1.29, 1.82) is 0 Å². The Bertz CT molecular complexity index is 1030. The fourth-order valence-electron chi connectivity index (χ4n) is 2.09. The predicted molar refractivity (Wildman–Crippen MR) is 98.2 cm³/mol. The Balaban J connectivity index is 1.59. The van der Waals surface area contributed by atoms with Crippen LogP contribution in [0.2, 0.25) is 10.0 Å². The molecule has 0 aliphatic heterocycles. The zero-order valence-corrected chi connectivity index (χ0v) is 15.0. The monoisotopic (exact) mass is 407 g/mol. The number of aromatic nitrogens is 2. The van der Waals surface area contributed by atoms with E-state index in [-0.39, 0.29) is 18.0 Å². The fourth-order valence-corrected chi connectivity index (χ4v) is 2.40. The molecule has 3 aromatic rings. The summed E-state index contributed by atoms with van der Waals surface area (Å²) in [6.07, 6.45) is 3.81. The zero-order valence-electron chi connectivity index (χ0n) is 13.5. The maximum Gasteiger partial charge on any atom is 0.307 e. The molecule has 0 saturated carbocycles. The van der Waals surface area contributed by atoms with Gasteiger partial charge in [-0.05, 0) is 29.8 Å². The molecule has 1 amide bonds. The smallest absolute Gasteiger partial charge is 0.307 e. The van der Waals surface area contributed by atoms with Gasteiger partial charge in [0, 0.05) is 0 Å². The Labute approximate surface area is 162 Å². The lowest BCUT2D eigenvalue weighted by molar-refractivity contribution is -0.385. The van der Waals surface area contributed by atoms with Gasteiger partial charge in [-0.2, -0.15) is 10.2 Å². The highest BCUT2D eigenvalue weighted by atomic mass is 35.5. The lowest BCUT2D eigenvalue weighted by atomic mass is 10.2. The van der Waals surface area contributed by atoms with Crippen LogP contribution in [-0.4, -0.2) is 26.8 Å². The van der Waals surface area contributed by atoms with Crippen molar-refractivity contribution in [1.82, 2.24) is 15.2 Å². The van der Waals surface area contributed by atoms with Crippen LogP contribution in [0.4, 0.5) is 5.69 Å². The van der Waals surface area contributed by atoms with Gasteiger partial charge in [0.25, 0.3) is 0 Å². The molecule has 0 spiro atoms. The first kappa shape index (κ1) is 18.6. The van der Waals surface area contributed by atoms with Crippen molar-refractivity contribution in [2.24, 2.45) is 5.10 Å². The summed E-state index contributed by atoms with van der Waals surface area (Å²) in [4.78, 5) is 22.1. The molecule has 0 aliphatic rings. The van der Waals surface area contributed by atoms with Gasteiger partial charge < -0.3 is 4.42 Å². The number of nitrogens with zero attached hydrogens (tertiary/aromatic N) is 4. The number of carbonyl (C=O) groups excluding carboxylic acids is 1. The molecular formula is C16H11Cl2N5O4. The van der Waals surface area contributed by atoms with Crippen LogP contribution in [0.3, 0.4) is 0 Å². The van der Waals surface area contributed by atoms with Gasteiger partial charge >= 0.3 is 11.6 Å². The van der Waals surface area contributed by atoms with Gasteiger partial charge in [0.15, 0.2) is 5.76 Å². The van der Waals surface area contributed by atoms with E-state index >= 15 is 0 Å². The molecule has 0 unspecified atom stereocenters. The summed E-state index contributed by atoms with van der Waals surface area (Å²) in [5.74, 6) is -0.103. The van der Waals surface area contributed by atoms with Gasteiger partial charge in [-0.15, -0.1) is 0 Å². The molecule has 2 heterocycles. The number of hydrazone groups is 1. The number of furan rings is 1. The van der Waals surface area contributed by atoms with Gasteiger partial charge in [0.1, 0.15) is 18.2 Å². The average Bonchev–Trinajstić information content (AvgIpc) is 3.28. The molecule has 1 N–H and O–H groups in total. The molecule has 0 bridgehead atoms. The van der Waals surface area contributed by atoms with E-state index in [1.165, 1.54) is 23.2 Å². The Kier molecular flexibility index (Phi) is 5.53. The average molecular weight is 408 g/mol. The van der Waals surface area contributed by atoms with Crippen molar-refractivity contribution in [3.05, 3.63) is 80.0 Å². The minimum Gasteiger partial charge on any atom is -0.454 e. The van der Waals surface area contributed by atoms with Gasteiger partial charge in [-0.3, -0.25) is 19.6 Å². The van der Waals surface area contributed by atoms with Crippen molar-refractivity contribution < 1.29 is 14.1 Å². The van der Waals surface area contributed by atoms with E-state index < -0.39 is 10.8 Å². The van der Waals surface area contributed by atoms with Crippen LogP contribution in [0.5, 0.6) is 0 Å². The van der Waals surface area contributed by atoms with Crippen LogP contribution < -0.4 is 5.43 Å². The van der Waals surface area contributed by atoms with Crippen molar-refractivity contribution >= 4 is 41.0 Å². The summed E-state index contributed by atoms with van der Waals surface area (Å²) in [6.45, 7) is 0.146. The van der Waals surface area contributed by atoms with E-state index in [1.807, 2.05) is 0 Å². The van der Waals surface area contributed by atoms with Crippen molar-refractivity contribution in [3.8, 4) is 0 Å². The quantitative estimate of drug-likeness (QED) is 0.381. The molecular weight excluding hydrogens is 397 g/mol. The normalized spacial score (nSPS) is 11.0. The molecule has 0 fully saturated rings. The molecule has 1 aromatic carbocycles. The lowest BCUT2D eigenvalue weighted by Crippen LogP contribution is -2.16. The van der Waals surface area contributed by atoms with Gasteiger partial charge in [-0.25, -0.2) is 5.43 Å². The maximum absolute atomic E-state index is 12.0. The molecule has 11 heteroatoms. The third kappa shape index (κ3) is 4.72. The molecule has 27 heavy (non-hydrogen) atoms. The molecule has 2 aromatic heterocycles. The Morgan fingerprint density at radius 2 is 2.15 bits per heavy atom. The second-order valence-corrected chi connectivity index (χ2v) is 6.11. The third-order valence-corrected chi connectivity index (χ3v) is 4.10. The minimum atomic E-state index is -0.552. The lowest BCUT2D eigenvalue weighted by Gasteiger charge is -1.99. The van der Waals surface area contributed by atoms with E-state index in [4.69, 9.17) is 27.6 Å². The minimum absolute atomic E-state index is 0.0398. The van der Waals surface area contributed by atoms with E-state index in [9.17, 15) is 14.9 Å². The number of halogens is 2. The Hall–Kier alpha value is -3.17. The highest BCUT2D eigenvalue weighted by Gasteiger charge is 2.13. The van der Waals surface area contributed by atoms with Gasteiger partial charge in [-0.1, -0.05) is 29.3 Å². The Morgan fingerprint density at radius 1 is 1.33 bits per heavy atom. The van der Waals surface area contributed by atoms with Crippen LogP contribution in [0, 0.1) is 10.1 Å². The molecule has 0 aliphatic carbocycles. The van der Waals surface area contributed by atoms with Crippen LogP contribution in [0.1, 0.15) is 21.9 Å². The van der Waals surface area contributed by atoms with E-state index in [0.717, 1.165) is 6.20 Å². The number of hydrogen-bond acceptors (Lipinski definition) is 6. The third-order valence-electron chi connectivity index (χ3n) is 3.36. The van der Waals surface area contributed by atoms with Crippen molar-refractivity contribution in [3.63, 3.8) is 0 Å². The molecule has 138 valence electrons. The maximum atomic E-state index is 12.0. The SMILES string of the molecule is O=C(N/N=C\c1ccc(Cl)c(Cl)c1)c1ccc(Cn2cc([N+](=O)[O-])cn2)o1. The van der Waals surface area contributed by atoms with Crippen molar-refractivity contribution in [2.45, 2.75) is 6.54 Å². The first-order chi connectivity index (χ1) is 12.9. The number of hydrogen-bond donors (Lipinski definition) is 1. The standard InChI is InChI=1S/C16H11Cl2N5O4/c17-13-3-1-10(5-14(13)18)6-19-21-16(24)15-4-2-12(27-15)9-22-8-11(7-20-22)23(25)26/h1-8H,9H2,(H,21,24)/b19-6-. The van der Waals surface area contributed by atoms with Crippen LogP contribution >= 0.6 is 23.2 Å². The molecule has 9 nitrogen and oxygen atoms in total. The first-order valence-corrected chi connectivity index (χ1v) is 8.22. The van der Waals surface area contributed by atoms with E-state index in [0.29, 0.717) is 21.4 Å². The second-order valence-electron chi connectivity index (χ2n) is 5.29. The van der Waals surface area contributed by atoms with E-state index in [1.54, 1.807) is 24.3 Å². The summed E-state index contributed by atoms with van der Waals surface area (Å²) in [6, 6.07) is 7.96. The summed E-state index contributed by atoms with van der Waals surface area (Å²) < 4.78 is 6.74. The summed E-state index contributed by atoms with van der Waals surface area (Å²) in [5.41, 5.74) is 2.86. The number of amides is 1. The predicted octanol–water partition coefficient (Wildman–Crippen LogP) is 3.50. The van der Waals surface area contributed by atoms with Crippen LogP contribution in [0.15, 0.2) is 52.2 Å². The fraction of sp³-hybridized carbons (Fsp3) is 0.0625. The highest BCUT2D eigenvalue weighted by Crippen LogP contribution is 2.21. The molecule has 3 rings (SSSR count). The van der Waals surface area contributed by atoms with Crippen LogP contribution in [-0.2, 0) is 6.54 Å². The van der Waals surface area contributed by atoms with Crippen molar-refractivity contribution in [2.75, 3.05) is 0 Å². The van der Waals surface area contributed by atoms with Gasteiger partial charge in [0.05, 0.1) is 27.7 Å². The first-order valence-electron chi connectivity index (χ1n) is 7.46. The number of rotatable bonds is 6. The number of nitro groups is 1. The summed E-state index contributed by atoms with van der Waals surface area (Å²) >= 11 is 11.7. The molecule has 0 radical (unpaired) electrons. The second kappa shape index (κ2) is 8.02. The van der Waals surface area contributed by atoms with Crippen LogP contribution in [0.25, 0.3) is 0 Å². The largest absolute Gasteiger partial charge is 0.454 e. The van der Waals surface area contributed by atoms with E-state index in [2.05, 4.69) is 15.6 Å². The topological polar surface area (TPSA) is 116 Å². The summed E-state index contributed by atoms with van der Waals surface area (Å²) in [7, 11) is 0. The number of carbonyl (C=O) groups is 1. The molecule has 0 atom stereocenters. The summed E-state index contributed by atoms with van der Waals surface area (Å²) in [5, 5.41) is 19.1.